The van der Waals surface area contributed by atoms with Crippen molar-refractivity contribution in [3.63, 3.8) is 0 Å². The lowest BCUT2D eigenvalue weighted by atomic mass is 9.83. The first-order chi connectivity index (χ1) is 14.1. The Balaban J connectivity index is 1.81. The second-order valence-corrected chi connectivity index (χ2v) is 6.75. The molecule has 148 valence electrons. The lowest BCUT2D eigenvalue weighted by molar-refractivity contribution is -0.143. The smallest absolute Gasteiger partial charge is 0.306 e. The lowest BCUT2D eigenvalue weighted by Gasteiger charge is -2.28. The number of para-hydroxylation sites is 2. The molecular weight excluding hydrogens is 372 g/mol. The van der Waals surface area contributed by atoms with E-state index in [1.807, 2.05) is 0 Å². The Morgan fingerprint density at radius 2 is 1.93 bits per heavy atom. The average molecular weight is 392 g/mol. The van der Waals surface area contributed by atoms with Crippen LogP contribution in [0.25, 0.3) is 11.0 Å². The van der Waals surface area contributed by atoms with Gasteiger partial charge in [0.2, 0.25) is 0 Å². The van der Waals surface area contributed by atoms with Gasteiger partial charge >= 0.3 is 5.97 Å². The Morgan fingerprint density at radius 3 is 2.76 bits per heavy atom. The van der Waals surface area contributed by atoms with E-state index in [1.165, 1.54) is 12.5 Å². The summed E-state index contributed by atoms with van der Waals surface area (Å²) in [6.07, 6.45) is 1.62. The van der Waals surface area contributed by atoms with Crippen LogP contribution in [0, 0.1) is 0 Å². The van der Waals surface area contributed by atoms with Crippen LogP contribution in [0.2, 0.25) is 0 Å². The minimum absolute atomic E-state index is 0.120. The van der Waals surface area contributed by atoms with Crippen molar-refractivity contribution in [2.75, 3.05) is 6.61 Å². The topological polar surface area (TPSA) is 86.0 Å². The van der Waals surface area contributed by atoms with E-state index < -0.39 is 18.0 Å². The highest BCUT2D eigenvalue weighted by atomic mass is 16.5. The van der Waals surface area contributed by atoms with E-state index in [0.29, 0.717) is 27.9 Å². The number of rotatable bonds is 5. The van der Waals surface area contributed by atoms with E-state index in [1.54, 1.807) is 55.5 Å². The number of hydrogen-bond donors (Lipinski definition) is 1. The molecule has 0 amide bonds. The van der Waals surface area contributed by atoms with Gasteiger partial charge in [-0.1, -0.05) is 30.3 Å². The number of ether oxygens (including phenoxy) is 2. The summed E-state index contributed by atoms with van der Waals surface area (Å²) in [7, 11) is 0. The molecule has 6 heteroatoms. The normalized spacial score (nSPS) is 16.5. The molecule has 2 heterocycles. The van der Waals surface area contributed by atoms with Crippen LogP contribution in [0.5, 0.6) is 5.75 Å². The molecule has 2 atom stereocenters. The molecule has 1 aromatic heterocycles. The van der Waals surface area contributed by atoms with Gasteiger partial charge in [-0.3, -0.25) is 9.59 Å². The molecule has 2 aromatic carbocycles. The molecular formula is C23H20O6. The number of fused-ring (bicyclic) bond motifs is 2. The number of esters is 1. The van der Waals surface area contributed by atoms with Crippen LogP contribution in [0.1, 0.15) is 36.5 Å². The Kier molecular flexibility index (Phi) is 5.18. The first kappa shape index (κ1) is 19.0. The molecule has 0 radical (unpaired) electrons. The maximum atomic E-state index is 13.1. The van der Waals surface area contributed by atoms with Crippen molar-refractivity contribution < 1.29 is 23.8 Å². The van der Waals surface area contributed by atoms with Gasteiger partial charge in [0.1, 0.15) is 17.4 Å². The highest BCUT2D eigenvalue weighted by Crippen LogP contribution is 2.42. The zero-order chi connectivity index (χ0) is 20.4. The number of carbonyl (C=O) groups excluding carboxylic acids is 1. The molecule has 1 N–H and O–H groups in total. The molecule has 0 bridgehead atoms. The quantitative estimate of drug-likeness (QED) is 0.664. The van der Waals surface area contributed by atoms with E-state index in [2.05, 4.69) is 0 Å². The molecule has 6 nitrogen and oxygen atoms in total. The Hall–Kier alpha value is -3.38. The summed E-state index contributed by atoms with van der Waals surface area (Å²) in [6.45, 7) is 1.93. The summed E-state index contributed by atoms with van der Waals surface area (Å²) < 4.78 is 16.4. The largest absolute Gasteiger partial charge is 0.466 e. The van der Waals surface area contributed by atoms with E-state index >= 15 is 0 Å². The third kappa shape index (κ3) is 3.54. The van der Waals surface area contributed by atoms with E-state index in [9.17, 15) is 14.7 Å². The van der Waals surface area contributed by atoms with Crippen LogP contribution in [-0.4, -0.2) is 17.7 Å². The summed E-state index contributed by atoms with van der Waals surface area (Å²) in [4.78, 5) is 25.4. The van der Waals surface area contributed by atoms with Gasteiger partial charge in [0.05, 0.1) is 30.9 Å². The van der Waals surface area contributed by atoms with Crippen LogP contribution in [0.3, 0.4) is 0 Å². The van der Waals surface area contributed by atoms with Crippen LogP contribution in [0.15, 0.2) is 75.8 Å². The fourth-order valence-electron chi connectivity index (χ4n) is 3.59. The minimum Gasteiger partial charge on any atom is -0.466 e. The van der Waals surface area contributed by atoms with Crippen LogP contribution < -0.4 is 10.2 Å². The van der Waals surface area contributed by atoms with E-state index in [4.69, 9.17) is 13.9 Å². The summed E-state index contributed by atoms with van der Waals surface area (Å²) in [6, 6.07) is 14.0. The molecule has 1 aliphatic heterocycles. The van der Waals surface area contributed by atoms with E-state index in [-0.39, 0.29) is 24.0 Å². The minimum atomic E-state index is -1.02. The second kappa shape index (κ2) is 7.93. The highest BCUT2D eigenvalue weighted by Gasteiger charge is 2.33. The van der Waals surface area contributed by atoms with E-state index in [0.717, 1.165) is 0 Å². The zero-order valence-corrected chi connectivity index (χ0v) is 15.8. The summed E-state index contributed by atoms with van der Waals surface area (Å²) >= 11 is 0. The van der Waals surface area contributed by atoms with Gasteiger partial charge in [-0.15, -0.1) is 0 Å². The average Bonchev–Trinajstić information content (AvgIpc) is 2.74. The molecule has 1 unspecified atom stereocenters. The third-order valence-electron chi connectivity index (χ3n) is 5.01. The number of aliphatic hydroxyl groups is 1. The Bertz CT molecular complexity index is 1140. The standard InChI is InChI=1S/C23H20O6/c1-2-27-21(24)11-16(17-12-28-19-9-5-3-7-14(19)22(17)25)18-13-29-20-10-6-4-8-15(20)23(18)26/h3-10,12-13,16,22,25H,2,11H2,1H3/t16-,22?/m0/s1. The molecule has 0 aliphatic carbocycles. The van der Waals surface area contributed by atoms with Gasteiger partial charge in [0.25, 0.3) is 0 Å². The number of carbonyl (C=O) groups is 1. The van der Waals surface area contributed by atoms with Gasteiger partial charge in [0.15, 0.2) is 5.43 Å². The van der Waals surface area contributed by atoms with Crippen molar-refractivity contribution in [2.24, 2.45) is 0 Å². The molecule has 0 spiro atoms. The van der Waals surface area contributed by atoms with Gasteiger partial charge in [-0.05, 0) is 25.1 Å². The van der Waals surface area contributed by atoms with Gasteiger partial charge in [-0.2, -0.15) is 0 Å². The van der Waals surface area contributed by atoms with Crippen molar-refractivity contribution in [3.8, 4) is 5.75 Å². The molecule has 0 saturated carbocycles. The van der Waals surface area contributed by atoms with Gasteiger partial charge in [-0.25, -0.2) is 0 Å². The summed E-state index contributed by atoms with van der Waals surface area (Å²) in [5, 5.41) is 11.4. The number of benzene rings is 2. The molecule has 29 heavy (non-hydrogen) atoms. The fraction of sp³-hybridized carbons (Fsp3) is 0.217. The molecule has 3 aromatic rings. The molecule has 0 fully saturated rings. The van der Waals surface area contributed by atoms with Crippen molar-refractivity contribution in [1.29, 1.82) is 0 Å². The Morgan fingerprint density at radius 1 is 1.17 bits per heavy atom. The molecule has 4 rings (SSSR count). The monoisotopic (exact) mass is 392 g/mol. The van der Waals surface area contributed by atoms with Crippen LogP contribution >= 0.6 is 0 Å². The van der Waals surface area contributed by atoms with Crippen LogP contribution in [0.4, 0.5) is 0 Å². The summed E-state index contributed by atoms with van der Waals surface area (Å²) in [5.41, 5.74) is 1.44. The number of aliphatic hydroxyl groups excluding tert-OH is 1. The van der Waals surface area contributed by atoms with Gasteiger partial charge < -0.3 is 19.0 Å². The predicted octanol–water partition coefficient (Wildman–Crippen LogP) is 3.84. The van der Waals surface area contributed by atoms with Crippen molar-refractivity contribution >= 4 is 16.9 Å². The Labute approximate surface area is 167 Å². The van der Waals surface area contributed by atoms with Crippen molar-refractivity contribution in [2.45, 2.75) is 25.4 Å². The second-order valence-electron chi connectivity index (χ2n) is 6.75. The SMILES string of the molecule is CCOC(=O)C[C@@H](C1=COc2ccccc2C1O)c1coc2ccccc2c1=O. The van der Waals surface area contributed by atoms with Gasteiger partial charge in [0, 0.05) is 22.6 Å². The van der Waals surface area contributed by atoms with Crippen LogP contribution in [-0.2, 0) is 9.53 Å². The van der Waals surface area contributed by atoms with Crippen molar-refractivity contribution in [3.05, 3.63) is 88.0 Å². The first-order valence-corrected chi connectivity index (χ1v) is 9.39. The maximum absolute atomic E-state index is 13.1. The third-order valence-corrected chi connectivity index (χ3v) is 5.01. The number of hydrogen-bond acceptors (Lipinski definition) is 6. The summed E-state index contributed by atoms with van der Waals surface area (Å²) in [5.74, 6) is -0.695. The predicted molar refractivity (Wildman–Crippen MR) is 107 cm³/mol. The van der Waals surface area contributed by atoms with Crippen molar-refractivity contribution in [1.82, 2.24) is 0 Å². The fourth-order valence-corrected chi connectivity index (χ4v) is 3.59. The zero-order valence-electron chi connectivity index (χ0n) is 15.8. The first-order valence-electron chi connectivity index (χ1n) is 9.39. The molecule has 1 aliphatic rings. The lowest BCUT2D eigenvalue weighted by Crippen LogP contribution is -2.24. The maximum Gasteiger partial charge on any atom is 0.306 e. The highest BCUT2D eigenvalue weighted by molar-refractivity contribution is 5.77. The molecule has 0 saturated heterocycles.